The van der Waals surface area contributed by atoms with Gasteiger partial charge in [-0.2, -0.15) is 5.10 Å². The summed E-state index contributed by atoms with van der Waals surface area (Å²) < 4.78 is 6.28. The second-order valence-electron chi connectivity index (χ2n) is 3.41. The summed E-state index contributed by atoms with van der Waals surface area (Å²) in [6.07, 6.45) is 3.21. The van der Waals surface area contributed by atoms with Crippen LogP contribution in [0.1, 0.15) is 0 Å². The second kappa shape index (κ2) is 6.64. The molecule has 1 rings (SSSR count). The summed E-state index contributed by atoms with van der Waals surface area (Å²) in [6, 6.07) is 1.70. The van der Waals surface area contributed by atoms with E-state index >= 15 is 0 Å². The Morgan fingerprint density at radius 2 is 2.29 bits per heavy atom. The number of amides is 1. The number of carbonyl (C=O) groups is 2. The molecular weight excluding hydrogens is 226 g/mol. The fourth-order valence-electron chi connectivity index (χ4n) is 1.29. The molecule has 1 aromatic heterocycles. The molecule has 1 aromatic rings. The normalized spacial score (nSPS) is 10.2. The number of aromatic nitrogens is 2. The zero-order chi connectivity index (χ0) is 12.7. The van der Waals surface area contributed by atoms with Crippen LogP contribution in [0, 0.1) is 0 Å². The fraction of sp³-hybridized carbons (Fsp3) is 0.500. The number of hydrogen-bond donors (Lipinski definition) is 1. The van der Waals surface area contributed by atoms with Crippen molar-refractivity contribution in [2.75, 3.05) is 26.8 Å². The Kier molecular flexibility index (Phi) is 5.15. The van der Waals surface area contributed by atoms with Gasteiger partial charge in [0.05, 0.1) is 6.61 Å². The molecule has 1 heterocycles. The van der Waals surface area contributed by atoms with Crippen LogP contribution in [0.25, 0.3) is 0 Å². The van der Waals surface area contributed by atoms with E-state index in [-0.39, 0.29) is 25.5 Å². The molecule has 0 aliphatic rings. The first-order chi connectivity index (χ1) is 8.13. The van der Waals surface area contributed by atoms with Gasteiger partial charge in [0, 0.05) is 26.0 Å². The molecular formula is C10H15N3O4. The van der Waals surface area contributed by atoms with Crippen LogP contribution >= 0.6 is 0 Å². The summed E-state index contributed by atoms with van der Waals surface area (Å²) >= 11 is 0. The molecule has 0 fully saturated rings. The molecule has 1 amide bonds. The van der Waals surface area contributed by atoms with Gasteiger partial charge in [-0.3, -0.25) is 14.3 Å². The smallest absolute Gasteiger partial charge is 0.323 e. The first-order valence-electron chi connectivity index (χ1n) is 5.09. The van der Waals surface area contributed by atoms with Crippen LogP contribution in [0.3, 0.4) is 0 Å². The Balaban J connectivity index is 2.55. The van der Waals surface area contributed by atoms with Crippen molar-refractivity contribution in [1.29, 1.82) is 0 Å². The van der Waals surface area contributed by atoms with Gasteiger partial charge in [-0.15, -0.1) is 0 Å². The SMILES string of the molecule is COCCN(CC(=O)O)C(=O)Cn1cccn1. The van der Waals surface area contributed by atoms with E-state index in [2.05, 4.69) is 5.10 Å². The van der Waals surface area contributed by atoms with Crippen molar-refractivity contribution in [1.82, 2.24) is 14.7 Å². The molecule has 0 aromatic carbocycles. The predicted octanol–water partition coefficient (Wildman–Crippen LogP) is -0.557. The Morgan fingerprint density at radius 1 is 1.53 bits per heavy atom. The van der Waals surface area contributed by atoms with Gasteiger partial charge in [-0.25, -0.2) is 0 Å². The van der Waals surface area contributed by atoms with Crippen molar-refractivity contribution < 1.29 is 19.4 Å². The molecule has 0 aliphatic carbocycles. The quantitative estimate of drug-likeness (QED) is 0.692. The molecule has 0 saturated carbocycles. The van der Waals surface area contributed by atoms with Gasteiger partial charge in [0.25, 0.3) is 0 Å². The number of nitrogens with zero attached hydrogens (tertiary/aromatic N) is 3. The monoisotopic (exact) mass is 241 g/mol. The van der Waals surface area contributed by atoms with E-state index in [1.54, 1.807) is 18.5 Å². The minimum Gasteiger partial charge on any atom is -0.480 e. The third-order valence-corrected chi connectivity index (χ3v) is 2.10. The first kappa shape index (κ1) is 13.2. The van der Waals surface area contributed by atoms with Crippen LogP contribution in [0.5, 0.6) is 0 Å². The van der Waals surface area contributed by atoms with Gasteiger partial charge in [-0.1, -0.05) is 0 Å². The number of ether oxygens (including phenoxy) is 1. The van der Waals surface area contributed by atoms with E-state index in [0.717, 1.165) is 0 Å². The topological polar surface area (TPSA) is 84.7 Å². The average molecular weight is 241 g/mol. The number of aliphatic carboxylic acids is 1. The molecule has 17 heavy (non-hydrogen) atoms. The number of carbonyl (C=O) groups excluding carboxylic acids is 1. The lowest BCUT2D eigenvalue weighted by atomic mass is 10.4. The molecule has 1 N–H and O–H groups in total. The Labute approximate surface area is 98.6 Å². The van der Waals surface area contributed by atoms with Crippen LogP contribution in [-0.4, -0.2) is 58.5 Å². The van der Waals surface area contributed by atoms with Crippen LogP contribution < -0.4 is 0 Å². The van der Waals surface area contributed by atoms with Gasteiger partial charge in [0.15, 0.2) is 0 Å². The summed E-state index contributed by atoms with van der Waals surface area (Å²) in [5, 5.41) is 12.6. The van der Waals surface area contributed by atoms with Crippen molar-refractivity contribution in [2.24, 2.45) is 0 Å². The van der Waals surface area contributed by atoms with Gasteiger partial charge >= 0.3 is 5.97 Å². The van der Waals surface area contributed by atoms with Gasteiger partial charge < -0.3 is 14.7 Å². The highest BCUT2D eigenvalue weighted by atomic mass is 16.5. The van der Waals surface area contributed by atoms with E-state index in [9.17, 15) is 9.59 Å². The molecule has 94 valence electrons. The van der Waals surface area contributed by atoms with E-state index < -0.39 is 5.97 Å². The molecule has 0 unspecified atom stereocenters. The standard InChI is InChI=1S/C10H15N3O4/c1-17-6-5-12(8-10(15)16)9(14)7-13-4-2-3-11-13/h2-4H,5-8H2,1H3,(H,15,16). The largest absolute Gasteiger partial charge is 0.480 e. The number of carboxylic acid groups (broad SMARTS) is 1. The number of hydrogen-bond acceptors (Lipinski definition) is 4. The highest BCUT2D eigenvalue weighted by Gasteiger charge is 2.16. The molecule has 0 aliphatic heterocycles. The summed E-state index contributed by atoms with van der Waals surface area (Å²) in [5.41, 5.74) is 0. The van der Waals surface area contributed by atoms with Crippen molar-refractivity contribution >= 4 is 11.9 Å². The zero-order valence-corrected chi connectivity index (χ0v) is 9.57. The predicted molar refractivity (Wildman–Crippen MR) is 58.3 cm³/mol. The minimum absolute atomic E-state index is 0.0317. The fourth-order valence-corrected chi connectivity index (χ4v) is 1.29. The number of methoxy groups -OCH3 is 1. The van der Waals surface area contributed by atoms with Crippen LogP contribution in [0.2, 0.25) is 0 Å². The Bertz CT molecular complexity index is 364. The maximum absolute atomic E-state index is 11.8. The van der Waals surface area contributed by atoms with E-state index in [0.29, 0.717) is 6.61 Å². The summed E-state index contributed by atoms with van der Waals surface area (Å²) in [6.45, 7) is 0.258. The molecule has 0 radical (unpaired) electrons. The number of carboxylic acids is 1. The first-order valence-corrected chi connectivity index (χ1v) is 5.09. The van der Waals surface area contributed by atoms with Gasteiger partial charge in [-0.05, 0) is 6.07 Å². The molecule has 0 atom stereocenters. The third-order valence-electron chi connectivity index (χ3n) is 2.10. The molecule has 7 nitrogen and oxygen atoms in total. The lowest BCUT2D eigenvalue weighted by Gasteiger charge is -2.20. The maximum atomic E-state index is 11.8. The van der Waals surface area contributed by atoms with Gasteiger partial charge in [0.1, 0.15) is 13.1 Å². The van der Waals surface area contributed by atoms with Crippen molar-refractivity contribution in [3.05, 3.63) is 18.5 Å². The summed E-state index contributed by atoms with van der Waals surface area (Å²) in [7, 11) is 1.50. The minimum atomic E-state index is -1.05. The lowest BCUT2D eigenvalue weighted by molar-refractivity contribution is -0.145. The molecule has 0 saturated heterocycles. The van der Waals surface area contributed by atoms with Crippen LogP contribution in [0.15, 0.2) is 18.5 Å². The summed E-state index contributed by atoms with van der Waals surface area (Å²) in [4.78, 5) is 23.7. The molecule has 0 spiro atoms. The molecule has 0 bridgehead atoms. The van der Waals surface area contributed by atoms with E-state index in [4.69, 9.17) is 9.84 Å². The van der Waals surface area contributed by atoms with Crippen LogP contribution in [0.4, 0.5) is 0 Å². The second-order valence-corrected chi connectivity index (χ2v) is 3.41. The van der Waals surface area contributed by atoms with Crippen LogP contribution in [-0.2, 0) is 20.9 Å². The van der Waals surface area contributed by atoms with E-state index in [1.165, 1.54) is 16.7 Å². The zero-order valence-electron chi connectivity index (χ0n) is 9.57. The van der Waals surface area contributed by atoms with E-state index in [1.807, 2.05) is 0 Å². The Morgan fingerprint density at radius 3 is 2.82 bits per heavy atom. The average Bonchev–Trinajstić information content (AvgIpc) is 2.76. The van der Waals surface area contributed by atoms with Crippen molar-refractivity contribution in [3.8, 4) is 0 Å². The van der Waals surface area contributed by atoms with Gasteiger partial charge in [0.2, 0.25) is 5.91 Å². The lowest BCUT2D eigenvalue weighted by Crippen LogP contribution is -2.39. The Hall–Kier alpha value is -1.89. The van der Waals surface area contributed by atoms with Crippen molar-refractivity contribution in [3.63, 3.8) is 0 Å². The summed E-state index contributed by atoms with van der Waals surface area (Å²) in [5.74, 6) is -1.34. The highest BCUT2D eigenvalue weighted by Crippen LogP contribution is 1.94. The third kappa shape index (κ3) is 4.64. The molecule has 7 heteroatoms. The van der Waals surface area contributed by atoms with Crippen molar-refractivity contribution in [2.45, 2.75) is 6.54 Å². The number of rotatable bonds is 7. The maximum Gasteiger partial charge on any atom is 0.323 e. The highest BCUT2D eigenvalue weighted by molar-refractivity contribution is 5.81.